The van der Waals surface area contributed by atoms with Crippen molar-refractivity contribution in [3.63, 3.8) is 0 Å². The third kappa shape index (κ3) is 5.12. The summed E-state index contributed by atoms with van der Waals surface area (Å²) >= 11 is 0. The molecule has 9 heteroatoms. The molecule has 1 aromatic heterocycles. The van der Waals surface area contributed by atoms with Crippen molar-refractivity contribution in [1.82, 2.24) is 25.1 Å². The second-order valence-corrected chi connectivity index (χ2v) is 9.90. The maximum absolute atomic E-state index is 13.7. The van der Waals surface area contributed by atoms with E-state index in [4.69, 9.17) is 0 Å². The van der Waals surface area contributed by atoms with Gasteiger partial charge in [0.05, 0.1) is 12.9 Å². The van der Waals surface area contributed by atoms with Crippen LogP contribution in [-0.4, -0.2) is 50.3 Å². The fraction of sp³-hybridized carbons (Fsp3) is 0.357. The van der Waals surface area contributed by atoms with E-state index in [2.05, 4.69) is 15.6 Å². The van der Waals surface area contributed by atoms with Gasteiger partial charge in [0.15, 0.2) is 5.69 Å². The maximum Gasteiger partial charge on any atom is 0.274 e. The van der Waals surface area contributed by atoms with E-state index in [9.17, 15) is 18.8 Å². The number of hydrogen-bond acceptors (Lipinski definition) is 4. The number of carbonyl (C=O) groups excluding carboxylic acids is 3. The molecule has 2 aliphatic rings. The van der Waals surface area contributed by atoms with Crippen molar-refractivity contribution in [2.45, 2.75) is 57.3 Å². The van der Waals surface area contributed by atoms with Gasteiger partial charge in [-0.1, -0.05) is 42.5 Å². The molecule has 1 fully saturated rings. The van der Waals surface area contributed by atoms with E-state index in [1.165, 1.54) is 24.0 Å². The zero-order chi connectivity index (χ0) is 26.0. The Morgan fingerprint density at radius 1 is 1.05 bits per heavy atom. The van der Waals surface area contributed by atoms with E-state index >= 15 is 0 Å². The number of amides is 3. The van der Waals surface area contributed by atoms with Gasteiger partial charge in [-0.25, -0.2) is 9.37 Å². The first-order chi connectivity index (χ1) is 17.9. The zero-order valence-electron chi connectivity index (χ0n) is 20.7. The average molecular weight is 504 g/mol. The Balaban J connectivity index is 1.28. The molecule has 2 N–H and O–H groups in total. The molecule has 0 radical (unpaired) electrons. The van der Waals surface area contributed by atoms with Gasteiger partial charge in [-0.05, 0) is 55.9 Å². The molecule has 0 saturated heterocycles. The lowest BCUT2D eigenvalue weighted by molar-refractivity contribution is -0.133. The molecule has 37 heavy (non-hydrogen) atoms. The fourth-order valence-corrected chi connectivity index (χ4v) is 4.92. The second kappa shape index (κ2) is 10.2. The van der Waals surface area contributed by atoms with E-state index in [0.29, 0.717) is 6.54 Å². The van der Waals surface area contributed by atoms with Gasteiger partial charge in [0.25, 0.3) is 11.8 Å². The number of rotatable bonds is 9. The molecule has 2 aromatic carbocycles. The van der Waals surface area contributed by atoms with Crippen LogP contribution >= 0.6 is 0 Å². The summed E-state index contributed by atoms with van der Waals surface area (Å²) < 4.78 is 14.8. The van der Waals surface area contributed by atoms with Crippen molar-refractivity contribution in [3.05, 3.63) is 89.3 Å². The number of imidazole rings is 1. The van der Waals surface area contributed by atoms with E-state index in [1.54, 1.807) is 28.5 Å². The van der Waals surface area contributed by atoms with Crippen LogP contribution in [0.4, 0.5) is 4.39 Å². The lowest BCUT2D eigenvalue weighted by Gasteiger charge is -2.44. The number of aromatic nitrogens is 2. The number of nitrogens with one attached hydrogen (secondary N) is 2. The first-order valence-electron chi connectivity index (χ1n) is 12.6. The minimum atomic E-state index is -1.14. The molecule has 0 spiro atoms. The molecule has 1 saturated carbocycles. The van der Waals surface area contributed by atoms with Gasteiger partial charge in [-0.2, -0.15) is 0 Å². The smallest absolute Gasteiger partial charge is 0.274 e. The summed E-state index contributed by atoms with van der Waals surface area (Å²) in [5, 5.41) is 5.78. The lowest BCUT2D eigenvalue weighted by atomic mass is 9.93. The van der Waals surface area contributed by atoms with Gasteiger partial charge in [0.2, 0.25) is 5.91 Å². The summed E-state index contributed by atoms with van der Waals surface area (Å²) in [5.41, 5.74) is 1.12. The van der Waals surface area contributed by atoms with Crippen molar-refractivity contribution in [1.29, 1.82) is 0 Å². The number of fused-ring (bicyclic) bond motifs is 1. The van der Waals surface area contributed by atoms with Gasteiger partial charge in [0, 0.05) is 19.1 Å². The van der Waals surface area contributed by atoms with Crippen LogP contribution in [0.2, 0.25) is 0 Å². The van der Waals surface area contributed by atoms with Gasteiger partial charge in [-0.15, -0.1) is 0 Å². The molecule has 1 atom stereocenters. The summed E-state index contributed by atoms with van der Waals surface area (Å²) in [6.45, 7) is 2.61. The molecule has 8 nitrogen and oxygen atoms in total. The van der Waals surface area contributed by atoms with Gasteiger partial charge < -0.3 is 20.1 Å². The zero-order valence-corrected chi connectivity index (χ0v) is 20.7. The van der Waals surface area contributed by atoms with Crippen molar-refractivity contribution in [3.8, 4) is 0 Å². The summed E-state index contributed by atoms with van der Waals surface area (Å²) in [6, 6.07) is 15.9. The predicted molar refractivity (Wildman–Crippen MR) is 135 cm³/mol. The molecular formula is C28H30FN5O3. The van der Waals surface area contributed by atoms with Gasteiger partial charge >= 0.3 is 0 Å². The number of aryl methyl sites for hydroxylation is 1. The third-order valence-electron chi connectivity index (χ3n) is 7.02. The van der Waals surface area contributed by atoms with E-state index in [0.717, 1.165) is 31.2 Å². The molecule has 3 aromatic rings. The Kier molecular flexibility index (Phi) is 6.78. The van der Waals surface area contributed by atoms with E-state index in [1.807, 2.05) is 30.3 Å². The van der Waals surface area contributed by atoms with E-state index in [-0.39, 0.29) is 48.2 Å². The van der Waals surface area contributed by atoms with Crippen LogP contribution in [-0.2, 0) is 24.3 Å². The van der Waals surface area contributed by atoms with Crippen LogP contribution in [0.15, 0.2) is 60.9 Å². The summed E-state index contributed by atoms with van der Waals surface area (Å²) in [7, 11) is 0. The molecule has 5 rings (SSSR count). The fourth-order valence-electron chi connectivity index (χ4n) is 4.92. The molecule has 1 aliphatic carbocycles. The Labute approximate surface area is 214 Å². The first kappa shape index (κ1) is 24.7. The van der Waals surface area contributed by atoms with Crippen LogP contribution in [0.5, 0.6) is 0 Å². The maximum atomic E-state index is 13.7. The highest BCUT2D eigenvalue weighted by atomic mass is 19.1. The highest BCUT2D eigenvalue weighted by molar-refractivity contribution is 6.07. The predicted octanol–water partition coefficient (Wildman–Crippen LogP) is 3.08. The van der Waals surface area contributed by atoms with Crippen molar-refractivity contribution in [2.75, 3.05) is 6.54 Å². The average Bonchev–Trinajstić information content (AvgIpc) is 3.64. The molecular weight excluding hydrogens is 473 g/mol. The number of nitrogens with zero attached hydrogens (tertiary/aromatic N) is 3. The van der Waals surface area contributed by atoms with E-state index < -0.39 is 11.4 Å². The van der Waals surface area contributed by atoms with Crippen LogP contribution in [0, 0.1) is 5.82 Å². The Morgan fingerprint density at radius 3 is 2.49 bits per heavy atom. The number of halogens is 1. The minimum Gasteiger partial charge on any atom is -0.351 e. The normalized spacial score (nSPS) is 18.9. The number of benzene rings is 2. The Bertz CT molecular complexity index is 1300. The molecule has 192 valence electrons. The monoisotopic (exact) mass is 503 g/mol. The highest BCUT2D eigenvalue weighted by Gasteiger charge is 2.53. The second-order valence-electron chi connectivity index (χ2n) is 9.90. The summed E-state index contributed by atoms with van der Waals surface area (Å²) in [5.74, 6) is -1.40. The van der Waals surface area contributed by atoms with Crippen LogP contribution in [0.1, 0.15) is 58.3 Å². The number of carbonyl (C=O) groups is 3. The quantitative estimate of drug-likeness (QED) is 0.439. The summed E-state index contributed by atoms with van der Waals surface area (Å²) in [6.07, 6.45) is 4.67. The Morgan fingerprint density at radius 2 is 1.78 bits per heavy atom. The highest BCUT2D eigenvalue weighted by Crippen LogP contribution is 2.38. The summed E-state index contributed by atoms with van der Waals surface area (Å²) in [4.78, 5) is 45.9. The third-order valence-corrected chi connectivity index (χ3v) is 7.02. The molecule has 0 unspecified atom stereocenters. The molecule has 3 amide bonds. The standard InChI is InChI=1S/C28H30FN5O3/c1-28(27(37)31-16-20-9-11-21(29)12-10-20)17-33-18-32-23(24(33)26(36)34(28)22-13-14-22)25(35)30-15-5-8-19-6-3-2-4-7-19/h2-4,6-7,9-12,18,22H,5,8,13-17H2,1H3,(H,30,35)(H,31,37)/t28-/m0/s1. The van der Waals surface area contributed by atoms with Crippen LogP contribution in [0.25, 0.3) is 0 Å². The minimum absolute atomic E-state index is 0.0560. The SMILES string of the molecule is C[C@@]1(C(=O)NCc2ccc(F)cc2)Cn2cnc(C(=O)NCCCc3ccccc3)c2C(=O)N1C1CC1. The van der Waals surface area contributed by atoms with Gasteiger partial charge in [-0.3, -0.25) is 14.4 Å². The lowest BCUT2D eigenvalue weighted by Crippen LogP contribution is -2.64. The molecule has 2 heterocycles. The molecule has 1 aliphatic heterocycles. The number of hydrogen-bond donors (Lipinski definition) is 2. The van der Waals surface area contributed by atoms with Crippen molar-refractivity contribution >= 4 is 17.7 Å². The first-order valence-corrected chi connectivity index (χ1v) is 12.6. The van der Waals surface area contributed by atoms with Crippen molar-refractivity contribution in [2.24, 2.45) is 0 Å². The van der Waals surface area contributed by atoms with Crippen LogP contribution < -0.4 is 10.6 Å². The molecule has 0 bridgehead atoms. The van der Waals surface area contributed by atoms with Crippen LogP contribution in [0.3, 0.4) is 0 Å². The topological polar surface area (TPSA) is 96.3 Å². The largest absolute Gasteiger partial charge is 0.351 e. The van der Waals surface area contributed by atoms with Crippen molar-refractivity contribution < 1.29 is 18.8 Å². The van der Waals surface area contributed by atoms with Gasteiger partial charge in [0.1, 0.15) is 17.1 Å². The Hall–Kier alpha value is -4.01.